The van der Waals surface area contributed by atoms with Crippen LogP contribution in [0.4, 0.5) is 13.2 Å². The van der Waals surface area contributed by atoms with Crippen molar-refractivity contribution in [2.75, 3.05) is 20.2 Å². The molecule has 0 N–H and O–H groups in total. The molecule has 100 valence electrons. The van der Waals surface area contributed by atoms with Crippen LogP contribution >= 0.6 is 0 Å². The first kappa shape index (κ1) is 13.3. The Labute approximate surface area is 104 Å². The third-order valence-electron chi connectivity index (χ3n) is 3.08. The minimum absolute atomic E-state index is 0.229. The molecule has 1 aromatic rings. The summed E-state index contributed by atoms with van der Waals surface area (Å²) in [6, 6.07) is 2.51. The minimum Gasteiger partial charge on any atom is -0.380 e. The summed E-state index contributed by atoms with van der Waals surface area (Å²) >= 11 is 0. The first-order valence-corrected chi connectivity index (χ1v) is 5.76. The van der Waals surface area contributed by atoms with Gasteiger partial charge in [0, 0.05) is 32.9 Å². The highest BCUT2D eigenvalue weighted by Crippen LogP contribution is 2.27. The Morgan fingerprint density at radius 2 is 2.22 bits per heavy atom. The third-order valence-corrected chi connectivity index (χ3v) is 3.08. The summed E-state index contributed by atoms with van der Waals surface area (Å²) in [5.74, 6) is 0. The summed E-state index contributed by atoms with van der Waals surface area (Å²) < 4.78 is 42.2. The molecule has 1 saturated heterocycles. The second-order valence-corrected chi connectivity index (χ2v) is 4.43. The maximum absolute atomic E-state index is 12.3. The largest absolute Gasteiger partial charge is 0.433 e. The Morgan fingerprint density at radius 3 is 2.72 bits per heavy atom. The van der Waals surface area contributed by atoms with Gasteiger partial charge in [-0.15, -0.1) is 0 Å². The van der Waals surface area contributed by atoms with E-state index in [9.17, 15) is 13.2 Å². The van der Waals surface area contributed by atoms with E-state index in [-0.39, 0.29) is 6.10 Å². The number of likely N-dealkylation sites (tertiary alicyclic amines) is 1. The van der Waals surface area contributed by atoms with E-state index in [1.807, 2.05) is 0 Å². The molecule has 2 rings (SSSR count). The molecule has 1 aliphatic rings. The van der Waals surface area contributed by atoms with Gasteiger partial charge < -0.3 is 4.74 Å². The summed E-state index contributed by atoms with van der Waals surface area (Å²) in [5.41, 5.74) is -0.0535. The van der Waals surface area contributed by atoms with Gasteiger partial charge in [0.1, 0.15) is 5.69 Å². The maximum atomic E-state index is 12.3. The number of methoxy groups -OCH3 is 1. The third kappa shape index (κ3) is 3.20. The van der Waals surface area contributed by atoms with E-state index in [0.29, 0.717) is 6.54 Å². The van der Waals surface area contributed by atoms with Crippen molar-refractivity contribution in [2.24, 2.45) is 0 Å². The highest BCUT2D eigenvalue weighted by atomic mass is 19.4. The number of aromatic nitrogens is 1. The molecule has 6 heteroatoms. The summed E-state index contributed by atoms with van der Waals surface area (Å²) in [5, 5.41) is 0. The lowest BCUT2D eigenvalue weighted by Gasteiger charge is -2.15. The second kappa shape index (κ2) is 5.24. The summed E-state index contributed by atoms with van der Waals surface area (Å²) in [7, 11) is 1.67. The molecular weight excluding hydrogens is 245 g/mol. The average Bonchev–Trinajstić information content (AvgIpc) is 2.76. The first-order chi connectivity index (χ1) is 8.49. The van der Waals surface area contributed by atoms with E-state index in [4.69, 9.17) is 4.74 Å². The molecule has 1 aromatic heterocycles. The van der Waals surface area contributed by atoms with Crippen LogP contribution in [0, 0.1) is 0 Å². The van der Waals surface area contributed by atoms with Crippen molar-refractivity contribution < 1.29 is 17.9 Å². The van der Waals surface area contributed by atoms with E-state index in [1.54, 1.807) is 7.11 Å². The summed E-state index contributed by atoms with van der Waals surface area (Å²) in [6.45, 7) is 2.34. The predicted octanol–water partition coefficient (Wildman–Crippen LogP) is 2.32. The van der Waals surface area contributed by atoms with E-state index >= 15 is 0 Å². The number of alkyl halides is 3. The number of hydrogen-bond donors (Lipinski definition) is 0. The highest BCUT2D eigenvalue weighted by Gasteiger charge is 2.32. The van der Waals surface area contributed by atoms with Crippen molar-refractivity contribution in [3.63, 3.8) is 0 Å². The lowest BCUT2D eigenvalue weighted by Crippen LogP contribution is -2.22. The molecule has 3 nitrogen and oxygen atoms in total. The lowest BCUT2D eigenvalue weighted by molar-refractivity contribution is -0.141. The van der Waals surface area contributed by atoms with Crippen LogP contribution < -0.4 is 0 Å². The molecule has 18 heavy (non-hydrogen) atoms. The molecule has 2 heterocycles. The van der Waals surface area contributed by atoms with Gasteiger partial charge >= 0.3 is 6.18 Å². The van der Waals surface area contributed by atoms with Gasteiger partial charge in [-0.25, -0.2) is 0 Å². The fourth-order valence-electron chi connectivity index (χ4n) is 2.08. The fraction of sp³-hybridized carbons (Fsp3) is 0.583. The highest BCUT2D eigenvalue weighted by molar-refractivity contribution is 5.16. The van der Waals surface area contributed by atoms with Crippen LogP contribution in [0.15, 0.2) is 18.3 Å². The molecule has 0 aliphatic carbocycles. The fourth-order valence-corrected chi connectivity index (χ4v) is 2.08. The van der Waals surface area contributed by atoms with Crippen LogP contribution in [0.1, 0.15) is 17.7 Å². The second-order valence-electron chi connectivity index (χ2n) is 4.43. The Balaban J connectivity index is 1.95. The smallest absolute Gasteiger partial charge is 0.380 e. The van der Waals surface area contributed by atoms with Gasteiger partial charge in [-0.1, -0.05) is 6.07 Å². The Hall–Kier alpha value is -1.14. The molecule has 1 atom stereocenters. The lowest BCUT2D eigenvalue weighted by atomic mass is 10.2. The predicted molar refractivity (Wildman–Crippen MR) is 59.9 cm³/mol. The minimum atomic E-state index is -4.37. The van der Waals surface area contributed by atoms with Gasteiger partial charge in [0.15, 0.2) is 0 Å². The van der Waals surface area contributed by atoms with Crippen LogP contribution in [0.3, 0.4) is 0 Å². The van der Waals surface area contributed by atoms with Gasteiger partial charge in [-0.2, -0.15) is 13.2 Å². The SMILES string of the molecule is COC1CCN(Cc2ccc(C(F)(F)F)nc2)C1. The quantitative estimate of drug-likeness (QED) is 0.834. The molecule has 1 fully saturated rings. The molecule has 0 aromatic carbocycles. The van der Waals surface area contributed by atoms with E-state index in [0.717, 1.165) is 31.1 Å². The molecule has 0 amide bonds. The zero-order valence-electron chi connectivity index (χ0n) is 10.1. The van der Waals surface area contributed by atoms with Gasteiger partial charge in [-0.3, -0.25) is 9.88 Å². The van der Waals surface area contributed by atoms with Gasteiger partial charge in [0.25, 0.3) is 0 Å². The van der Waals surface area contributed by atoms with Crippen molar-refractivity contribution in [1.82, 2.24) is 9.88 Å². The van der Waals surface area contributed by atoms with Crippen molar-refractivity contribution >= 4 is 0 Å². The number of halogens is 3. The Morgan fingerprint density at radius 1 is 1.44 bits per heavy atom. The standard InChI is InChI=1S/C12H15F3N2O/c1-18-10-4-5-17(8-10)7-9-2-3-11(16-6-9)12(13,14)15/h2-3,6,10H,4-5,7-8H2,1H3. The van der Waals surface area contributed by atoms with Gasteiger partial charge in [0.05, 0.1) is 6.10 Å². The molecule has 0 saturated carbocycles. The molecular formula is C12H15F3N2O. The number of hydrogen-bond acceptors (Lipinski definition) is 3. The molecule has 0 spiro atoms. The molecule has 1 unspecified atom stereocenters. The zero-order chi connectivity index (χ0) is 13.2. The monoisotopic (exact) mass is 260 g/mol. The van der Waals surface area contributed by atoms with Crippen LogP contribution in [0.5, 0.6) is 0 Å². The number of ether oxygens (including phenoxy) is 1. The topological polar surface area (TPSA) is 25.4 Å². The van der Waals surface area contributed by atoms with Crippen LogP contribution in [0.25, 0.3) is 0 Å². The molecule has 0 radical (unpaired) electrons. The van der Waals surface area contributed by atoms with Gasteiger partial charge in [0.2, 0.25) is 0 Å². The van der Waals surface area contributed by atoms with E-state index in [1.165, 1.54) is 12.3 Å². The number of pyridine rings is 1. The summed E-state index contributed by atoms with van der Waals surface area (Å²) in [4.78, 5) is 5.60. The van der Waals surface area contributed by atoms with Crippen LogP contribution in [-0.2, 0) is 17.5 Å². The summed E-state index contributed by atoms with van der Waals surface area (Å²) in [6.07, 6.45) is -1.88. The van der Waals surface area contributed by atoms with Crippen molar-refractivity contribution in [3.8, 4) is 0 Å². The Bertz CT molecular complexity index is 391. The number of nitrogens with zero attached hydrogens (tertiary/aromatic N) is 2. The maximum Gasteiger partial charge on any atom is 0.433 e. The van der Waals surface area contributed by atoms with Crippen LogP contribution in [0.2, 0.25) is 0 Å². The van der Waals surface area contributed by atoms with Crippen molar-refractivity contribution in [3.05, 3.63) is 29.6 Å². The van der Waals surface area contributed by atoms with E-state index in [2.05, 4.69) is 9.88 Å². The normalized spacial score (nSPS) is 21.4. The zero-order valence-corrected chi connectivity index (χ0v) is 10.1. The van der Waals surface area contributed by atoms with Crippen molar-refractivity contribution in [1.29, 1.82) is 0 Å². The Kier molecular flexibility index (Phi) is 3.87. The average molecular weight is 260 g/mol. The van der Waals surface area contributed by atoms with Crippen LogP contribution in [-0.4, -0.2) is 36.2 Å². The molecule has 0 bridgehead atoms. The molecule has 1 aliphatic heterocycles. The number of rotatable bonds is 3. The van der Waals surface area contributed by atoms with Crippen molar-refractivity contribution in [2.45, 2.75) is 25.2 Å². The van der Waals surface area contributed by atoms with E-state index < -0.39 is 11.9 Å². The van der Waals surface area contributed by atoms with Gasteiger partial charge in [-0.05, 0) is 18.1 Å². The first-order valence-electron chi connectivity index (χ1n) is 5.76.